The minimum absolute atomic E-state index is 0.0107. The summed E-state index contributed by atoms with van der Waals surface area (Å²) in [4.78, 5) is 19.4. The smallest absolute Gasteiger partial charge is 0.262 e. The van der Waals surface area contributed by atoms with Crippen molar-refractivity contribution in [2.45, 2.75) is 80.0 Å². The van der Waals surface area contributed by atoms with E-state index in [1.807, 2.05) is 0 Å². The van der Waals surface area contributed by atoms with Crippen LogP contribution in [0.2, 0.25) is 0 Å². The lowest BCUT2D eigenvalue weighted by atomic mass is 9.99. The average molecular weight is 572 g/mol. The summed E-state index contributed by atoms with van der Waals surface area (Å²) in [5.41, 5.74) is 5.59. The largest absolute Gasteiger partial charge is 0.394 e. The van der Waals surface area contributed by atoms with Gasteiger partial charge in [0.1, 0.15) is 54.9 Å². The zero-order chi connectivity index (χ0) is 28.9. The zero-order valence-electron chi connectivity index (χ0n) is 21.0. The van der Waals surface area contributed by atoms with E-state index in [0.717, 1.165) is 0 Å². The Morgan fingerprint density at radius 1 is 0.975 bits per heavy atom. The molecule has 0 saturated carbocycles. The van der Waals surface area contributed by atoms with Gasteiger partial charge in [-0.15, -0.1) is 0 Å². The molecular weight excluding hydrogens is 538 g/mol. The Hall–Kier alpha value is -2.52. The monoisotopic (exact) mass is 571 g/mol. The van der Waals surface area contributed by atoms with Crippen molar-refractivity contribution in [1.82, 2.24) is 19.9 Å². The van der Waals surface area contributed by atoms with Crippen LogP contribution in [0, 0.1) is 0 Å². The molecule has 5 rings (SSSR count). The molecule has 0 bridgehead atoms. The van der Waals surface area contributed by atoms with Crippen LogP contribution in [0.5, 0.6) is 0 Å². The Balaban J connectivity index is 1.37. The van der Waals surface area contributed by atoms with Gasteiger partial charge in [0.25, 0.3) is 5.56 Å². The van der Waals surface area contributed by atoms with Crippen molar-refractivity contribution in [2.75, 3.05) is 18.9 Å². The highest BCUT2D eigenvalue weighted by molar-refractivity contribution is 5.80. The number of aromatic nitrogens is 3. The van der Waals surface area contributed by atoms with E-state index in [2.05, 4.69) is 15.3 Å². The van der Waals surface area contributed by atoms with Gasteiger partial charge in [0.15, 0.2) is 18.2 Å². The van der Waals surface area contributed by atoms with Gasteiger partial charge in [0.2, 0.25) is 5.95 Å². The van der Waals surface area contributed by atoms with Crippen molar-refractivity contribution < 1.29 is 55.1 Å². The summed E-state index contributed by atoms with van der Waals surface area (Å²) >= 11 is 0. The highest BCUT2D eigenvalue weighted by atomic mass is 16.7. The topological polar surface area (TPSA) is 278 Å². The van der Waals surface area contributed by atoms with Crippen molar-refractivity contribution in [1.29, 1.82) is 0 Å². The fourth-order valence-electron chi connectivity index (χ4n) is 5.26. The lowest BCUT2D eigenvalue weighted by Crippen LogP contribution is -2.60. The first-order chi connectivity index (χ1) is 19.0. The lowest BCUT2D eigenvalue weighted by molar-refractivity contribution is -0.315. The van der Waals surface area contributed by atoms with Crippen LogP contribution in [0.25, 0.3) is 11.0 Å². The molecule has 2 saturated heterocycles. The van der Waals surface area contributed by atoms with Gasteiger partial charge in [-0.05, 0) is 5.56 Å². The first-order valence-electron chi connectivity index (χ1n) is 12.6. The summed E-state index contributed by atoms with van der Waals surface area (Å²) in [6.45, 7) is -1.21. The van der Waals surface area contributed by atoms with Crippen LogP contribution in [0.1, 0.15) is 11.8 Å². The van der Waals surface area contributed by atoms with Crippen LogP contribution in [-0.4, -0.2) is 136 Å². The first kappa shape index (κ1) is 29.0. The van der Waals surface area contributed by atoms with E-state index in [4.69, 9.17) is 19.9 Å². The number of H-pyrrole nitrogens is 1. The number of fused-ring (bicyclic) bond motifs is 1. The maximum Gasteiger partial charge on any atom is 0.262 e. The number of aromatic amines is 1. The SMILES string of the molecule is Nc1nc2c(c(CNC3C=CC(O)C3OC3OC(CO)C(O)C(O)C3O)cn2[C@@H]2O[C@H](CO)C(O)[C@@H]2O)c(=O)[nH]1. The number of aliphatic hydroxyl groups is 8. The number of nitrogens with one attached hydrogen (secondary N) is 2. The third kappa shape index (κ3) is 5.04. The summed E-state index contributed by atoms with van der Waals surface area (Å²) in [6, 6.07) is -0.699. The molecule has 12 atom stereocenters. The van der Waals surface area contributed by atoms with Crippen LogP contribution in [-0.2, 0) is 20.8 Å². The maximum atomic E-state index is 12.8. The molecule has 1 aliphatic carbocycles. The second kappa shape index (κ2) is 11.4. The van der Waals surface area contributed by atoms with Gasteiger partial charge in [0.05, 0.1) is 24.6 Å². The van der Waals surface area contributed by atoms with Crippen molar-refractivity contribution in [3.8, 4) is 0 Å². The molecule has 222 valence electrons. The third-order valence-electron chi connectivity index (χ3n) is 7.44. The molecule has 4 heterocycles. The summed E-state index contributed by atoms with van der Waals surface area (Å²) in [5.74, 6) is -0.196. The van der Waals surface area contributed by atoms with Gasteiger partial charge >= 0.3 is 0 Å². The lowest BCUT2D eigenvalue weighted by Gasteiger charge is -2.41. The summed E-state index contributed by atoms with van der Waals surface area (Å²) in [7, 11) is 0. The number of nitrogens with zero attached hydrogens (tertiary/aromatic N) is 2. The molecule has 12 N–H and O–H groups in total. The Bertz CT molecular complexity index is 1280. The molecule has 2 aliphatic heterocycles. The number of rotatable bonds is 8. The Morgan fingerprint density at radius 3 is 2.33 bits per heavy atom. The molecule has 17 nitrogen and oxygen atoms in total. The van der Waals surface area contributed by atoms with Gasteiger partial charge < -0.3 is 70.7 Å². The molecule has 2 aromatic rings. The Morgan fingerprint density at radius 2 is 1.65 bits per heavy atom. The molecule has 0 radical (unpaired) electrons. The quantitative estimate of drug-likeness (QED) is 0.132. The summed E-state index contributed by atoms with van der Waals surface area (Å²) < 4.78 is 18.1. The van der Waals surface area contributed by atoms with E-state index >= 15 is 0 Å². The minimum Gasteiger partial charge on any atom is -0.394 e. The number of nitrogens with two attached hydrogens (primary N) is 1. The molecule has 40 heavy (non-hydrogen) atoms. The van der Waals surface area contributed by atoms with Crippen LogP contribution < -0.4 is 16.6 Å². The molecule has 3 aliphatic rings. The Kier molecular flexibility index (Phi) is 8.26. The van der Waals surface area contributed by atoms with Gasteiger partial charge in [-0.3, -0.25) is 9.78 Å². The second-order valence-electron chi connectivity index (χ2n) is 10.0. The van der Waals surface area contributed by atoms with Crippen LogP contribution in [0.4, 0.5) is 5.95 Å². The maximum absolute atomic E-state index is 12.8. The van der Waals surface area contributed by atoms with Crippen molar-refractivity contribution in [2.24, 2.45) is 0 Å². The van der Waals surface area contributed by atoms with Crippen molar-refractivity contribution in [3.05, 3.63) is 34.3 Å². The normalized spacial score (nSPS) is 39.9. The number of aliphatic hydroxyl groups excluding tert-OH is 8. The standard InChI is InChI=1S/C23H33N5O12/c24-23-26-19-12(20(37)27-23)7(4-28(19)21-16(35)14(33)10(5-29)38-21)3-25-8-1-2-9(31)18(8)40-22-17(36)15(34)13(32)11(6-30)39-22/h1-2,4,8-11,13-18,21-22,25,29-36H,3,5-6H2,(H3,24,26,27,37)/t8?,9?,10-,11?,13?,14?,15?,16+,17?,18?,21-,22?/m1/s1. The van der Waals surface area contributed by atoms with E-state index in [9.17, 15) is 45.6 Å². The van der Waals surface area contributed by atoms with E-state index in [1.54, 1.807) is 6.08 Å². The van der Waals surface area contributed by atoms with Gasteiger partial charge in [-0.1, -0.05) is 12.2 Å². The average Bonchev–Trinajstić information content (AvgIpc) is 3.56. The highest BCUT2D eigenvalue weighted by Gasteiger charge is 2.47. The van der Waals surface area contributed by atoms with E-state index < -0.39 is 92.3 Å². The van der Waals surface area contributed by atoms with Crippen LogP contribution in [0.15, 0.2) is 23.1 Å². The van der Waals surface area contributed by atoms with Gasteiger partial charge in [-0.2, -0.15) is 4.98 Å². The zero-order valence-corrected chi connectivity index (χ0v) is 21.0. The molecule has 2 aromatic heterocycles. The number of anilines is 1. The number of hydrogen-bond donors (Lipinski definition) is 11. The van der Waals surface area contributed by atoms with Crippen molar-refractivity contribution >= 4 is 17.0 Å². The molecular formula is C23H33N5O12. The number of hydrogen-bond acceptors (Lipinski definition) is 15. The van der Waals surface area contributed by atoms with Gasteiger partial charge in [-0.25, -0.2) is 0 Å². The van der Waals surface area contributed by atoms with E-state index in [-0.39, 0.29) is 23.5 Å². The summed E-state index contributed by atoms with van der Waals surface area (Å²) in [6.07, 6.45) is -10.4. The Labute approximate surface area is 225 Å². The third-order valence-corrected chi connectivity index (χ3v) is 7.44. The summed E-state index contributed by atoms with van der Waals surface area (Å²) in [5, 5.41) is 83.7. The second-order valence-corrected chi connectivity index (χ2v) is 10.0. The van der Waals surface area contributed by atoms with E-state index in [1.165, 1.54) is 16.8 Å². The fraction of sp³-hybridized carbons (Fsp3) is 0.652. The molecule has 2 fully saturated rings. The van der Waals surface area contributed by atoms with Crippen LogP contribution >= 0.6 is 0 Å². The fourth-order valence-corrected chi connectivity index (χ4v) is 5.26. The first-order valence-corrected chi connectivity index (χ1v) is 12.6. The number of nitrogen functional groups attached to an aromatic ring is 1. The molecule has 0 amide bonds. The predicted molar refractivity (Wildman–Crippen MR) is 132 cm³/mol. The molecule has 17 heteroatoms. The van der Waals surface area contributed by atoms with Crippen molar-refractivity contribution in [3.63, 3.8) is 0 Å². The molecule has 0 aromatic carbocycles. The number of ether oxygens (including phenoxy) is 3. The van der Waals surface area contributed by atoms with Crippen LogP contribution in [0.3, 0.4) is 0 Å². The predicted octanol–water partition coefficient (Wildman–Crippen LogP) is -5.51. The molecule has 0 spiro atoms. The molecule has 9 unspecified atom stereocenters. The minimum atomic E-state index is -1.67. The van der Waals surface area contributed by atoms with Gasteiger partial charge in [0, 0.05) is 12.7 Å². The highest BCUT2D eigenvalue weighted by Crippen LogP contribution is 2.33. The van der Waals surface area contributed by atoms with E-state index in [0.29, 0.717) is 5.56 Å².